The van der Waals surface area contributed by atoms with E-state index in [1.165, 1.54) is 0 Å². The molecule has 92 valence electrons. The number of nitrogens with two attached hydrogens (primary N) is 1. The molecule has 1 fully saturated rings. The van der Waals surface area contributed by atoms with E-state index in [-0.39, 0.29) is 17.7 Å². The Bertz CT molecular complexity index is 260. The van der Waals surface area contributed by atoms with Crippen LogP contribution < -0.4 is 11.1 Å². The molecule has 1 atom stereocenters. The third-order valence-corrected chi connectivity index (χ3v) is 3.18. The van der Waals surface area contributed by atoms with E-state index in [2.05, 4.69) is 5.32 Å². The summed E-state index contributed by atoms with van der Waals surface area (Å²) in [4.78, 5) is 24.9. The molecule has 0 aromatic heterocycles. The fraction of sp³-hybridized carbons (Fsp3) is 0.818. The molecule has 1 rings (SSSR count). The zero-order valence-corrected chi connectivity index (χ0v) is 10.0. The Morgan fingerprint density at radius 2 is 2.00 bits per heavy atom. The molecule has 1 heterocycles. The molecule has 1 saturated heterocycles. The lowest BCUT2D eigenvalue weighted by Gasteiger charge is -2.32. The van der Waals surface area contributed by atoms with E-state index < -0.39 is 6.04 Å². The average Bonchev–Trinajstić information content (AvgIpc) is 2.36. The van der Waals surface area contributed by atoms with Crippen molar-refractivity contribution in [3.8, 4) is 0 Å². The van der Waals surface area contributed by atoms with E-state index in [0.717, 1.165) is 12.8 Å². The Morgan fingerprint density at radius 1 is 1.44 bits per heavy atom. The molecular formula is C11H21N3O2. The van der Waals surface area contributed by atoms with E-state index in [4.69, 9.17) is 5.73 Å². The fourth-order valence-electron chi connectivity index (χ4n) is 1.98. The van der Waals surface area contributed by atoms with Crippen LogP contribution in [-0.2, 0) is 9.59 Å². The van der Waals surface area contributed by atoms with Crippen LogP contribution in [0.1, 0.15) is 26.2 Å². The molecule has 0 aromatic carbocycles. The molecule has 0 aliphatic carbocycles. The van der Waals surface area contributed by atoms with Crippen LogP contribution in [-0.4, -0.2) is 42.9 Å². The summed E-state index contributed by atoms with van der Waals surface area (Å²) in [6, 6.07) is -0.392. The maximum absolute atomic E-state index is 11.8. The summed E-state index contributed by atoms with van der Waals surface area (Å²) in [6.07, 6.45) is 2.14. The Balaban J connectivity index is 2.43. The van der Waals surface area contributed by atoms with Gasteiger partial charge in [0.25, 0.3) is 0 Å². The molecule has 5 heteroatoms. The van der Waals surface area contributed by atoms with Crippen molar-refractivity contribution in [2.75, 3.05) is 20.1 Å². The van der Waals surface area contributed by atoms with E-state index >= 15 is 0 Å². The lowest BCUT2D eigenvalue weighted by molar-refractivity contribution is -0.136. The lowest BCUT2D eigenvalue weighted by Crippen LogP contribution is -2.48. The van der Waals surface area contributed by atoms with Crippen LogP contribution in [0.4, 0.5) is 0 Å². The van der Waals surface area contributed by atoms with Crippen molar-refractivity contribution in [2.24, 2.45) is 11.7 Å². The Labute approximate surface area is 96.4 Å². The highest BCUT2D eigenvalue weighted by molar-refractivity contribution is 5.82. The lowest BCUT2D eigenvalue weighted by atomic mass is 9.95. The molecule has 1 aliphatic rings. The quantitative estimate of drug-likeness (QED) is 0.695. The van der Waals surface area contributed by atoms with Crippen LogP contribution in [0.3, 0.4) is 0 Å². The SMILES string of the molecule is CC[C@@H](N)C(=O)N1CCC(C(=O)NC)CC1. The van der Waals surface area contributed by atoms with Crippen molar-refractivity contribution >= 4 is 11.8 Å². The van der Waals surface area contributed by atoms with Crippen molar-refractivity contribution in [2.45, 2.75) is 32.2 Å². The van der Waals surface area contributed by atoms with E-state index in [1.54, 1.807) is 11.9 Å². The van der Waals surface area contributed by atoms with E-state index in [1.807, 2.05) is 6.92 Å². The fourth-order valence-corrected chi connectivity index (χ4v) is 1.98. The second-order valence-electron chi connectivity index (χ2n) is 4.23. The first kappa shape index (κ1) is 13.0. The number of carbonyl (C=O) groups excluding carboxylic acids is 2. The number of rotatable bonds is 3. The van der Waals surface area contributed by atoms with Crippen molar-refractivity contribution in [1.82, 2.24) is 10.2 Å². The number of amides is 2. The molecule has 0 spiro atoms. The monoisotopic (exact) mass is 227 g/mol. The minimum absolute atomic E-state index is 0.0119. The molecule has 0 unspecified atom stereocenters. The third kappa shape index (κ3) is 2.95. The van der Waals surface area contributed by atoms with Crippen molar-refractivity contribution in [3.63, 3.8) is 0 Å². The summed E-state index contributed by atoms with van der Waals surface area (Å²) < 4.78 is 0. The number of likely N-dealkylation sites (tertiary alicyclic amines) is 1. The summed E-state index contributed by atoms with van der Waals surface area (Å²) in [5.41, 5.74) is 5.70. The van der Waals surface area contributed by atoms with Gasteiger partial charge in [-0.2, -0.15) is 0 Å². The first-order valence-corrected chi connectivity index (χ1v) is 5.86. The summed E-state index contributed by atoms with van der Waals surface area (Å²) in [6.45, 7) is 3.19. The number of piperidine rings is 1. The predicted molar refractivity (Wildman–Crippen MR) is 61.6 cm³/mol. The summed E-state index contributed by atoms with van der Waals surface area (Å²) in [5.74, 6) is 0.136. The second kappa shape index (κ2) is 5.84. The zero-order chi connectivity index (χ0) is 12.1. The highest BCUT2D eigenvalue weighted by atomic mass is 16.2. The molecule has 0 bridgehead atoms. The third-order valence-electron chi connectivity index (χ3n) is 3.18. The van der Waals surface area contributed by atoms with E-state index in [9.17, 15) is 9.59 Å². The van der Waals surface area contributed by atoms with Gasteiger partial charge in [-0.05, 0) is 19.3 Å². The van der Waals surface area contributed by atoms with Crippen molar-refractivity contribution in [1.29, 1.82) is 0 Å². The standard InChI is InChI=1S/C11H21N3O2/c1-3-9(12)11(16)14-6-4-8(5-7-14)10(15)13-2/h8-9H,3-7,12H2,1-2H3,(H,13,15)/t9-/m1/s1. The van der Waals surface area contributed by atoms with Gasteiger partial charge < -0.3 is 16.0 Å². The molecule has 0 radical (unpaired) electrons. The first-order valence-electron chi connectivity index (χ1n) is 5.86. The molecule has 2 amide bonds. The maximum Gasteiger partial charge on any atom is 0.239 e. The van der Waals surface area contributed by atoms with Gasteiger partial charge in [0.2, 0.25) is 11.8 Å². The highest BCUT2D eigenvalue weighted by Crippen LogP contribution is 2.17. The Kier molecular flexibility index (Phi) is 4.73. The largest absolute Gasteiger partial charge is 0.359 e. The van der Waals surface area contributed by atoms with Gasteiger partial charge in [0.1, 0.15) is 0 Å². The molecule has 0 aromatic rings. The molecule has 16 heavy (non-hydrogen) atoms. The molecule has 5 nitrogen and oxygen atoms in total. The Morgan fingerprint density at radius 3 is 2.44 bits per heavy atom. The van der Waals surface area contributed by atoms with Crippen molar-refractivity contribution < 1.29 is 9.59 Å². The van der Waals surface area contributed by atoms with Gasteiger partial charge in [0.05, 0.1) is 6.04 Å². The topological polar surface area (TPSA) is 75.4 Å². The van der Waals surface area contributed by atoms with Gasteiger partial charge in [-0.1, -0.05) is 6.92 Å². The number of nitrogens with zero attached hydrogens (tertiary/aromatic N) is 1. The van der Waals surface area contributed by atoms with Gasteiger partial charge in [0.15, 0.2) is 0 Å². The van der Waals surface area contributed by atoms with Crippen LogP contribution in [0.5, 0.6) is 0 Å². The minimum Gasteiger partial charge on any atom is -0.359 e. The van der Waals surface area contributed by atoms with Crippen LogP contribution in [0.15, 0.2) is 0 Å². The number of hydrogen-bond donors (Lipinski definition) is 2. The summed E-state index contributed by atoms with van der Waals surface area (Å²) in [7, 11) is 1.65. The summed E-state index contributed by atoms with van der Waals surface area (Å²) in [5, 5.41) is 2.65. The second-order valence-corrected chi connectivity index (χ2v) is 4.23. The first-order chi connectivity index (χ1) is 7.60. The highest BCUT2D eigenvalue weighted by Gasteiger charge is 2.28. The molecule has 1 aliphatic heterocycles. The molecular weight excluding hydrogens is 206 g/mol. The smallest absolute Gasteiger partial charge is 0.239 e. The minimum atomic E-state index is -0.392. The Hall–Kier alpha value is -1.10. The van der Waals surface area contributed by atoms with Gasteiger partial charge in [-0.15, -0.1) is 0 Å². The number of hydrogen-bond acceptors (Lipinski definition) is 3. The summed E-state index contributed by atoms with van der Waals surface area (Å²) >= 11 is 0. The predicted octanol–water partition coefficient (Wildman–Crippen LogP) is -0.292. The van der Waals surface area contributed by atoms with Gasteiger partial charge in [0, 0.05) is 26.1 Å². The van der Waals surface area contributed by atoms with Gasteiger partial charge >= 0.3 is 0 Å². The van der Waals surface area contributed by atoms with Crippen LogP contribution in [0.25, 0.3) is 0 Å². The van der Waals surface area contributed by atoms with E-state index in [0.29, 0.717) is 19.5 Å². The number of carbonyl (C=O) groups is 2. The normalized spacial score (nSPS) is 19.3. The molecule has 3 N–H and O–H groups in total. The average molecular weight is 227 g/mol. The van der Waals surface area contributed by atoms with Crippen molar-refractivity contribution in [3.05, 3.63) is 0 Å². The number of nitrogens with one attached hydrogen (secondary N) is 1. The van der Waals surface area contributed by atoms with Gasteiger partial charge in [-0.25, -0.2) is 0 Å². The van der Waals surface area contributed by atoms with Crippen LogP contribution >= 0.6 is 0 Å². The maximum atomic E-state index is 11.8. The van der Waals surface area contributed by atoms with Crippen LogP contribution in [0, 0.1) is 5.92 Å². The molecule has 0 saturated carbocycles. The zero-order valence-electron chi connectivity index (χ0n) is 10.0. The van der Waals surface area contributed by atoms with Crippen LogP contribution in [0.2, 0.25) is 0 Å². The van der Waals surface area contributed by atoms with Gasteiger partial charge in [-0.3, -0.25) is 9.59 Å².